The van der Waals surface area contributed by atoms with Crippen LogP contribution in [0.2, 0.25) is 5.02 Å². The normalized spacial score (nSPS) is 10.2. The molecule has 1 heterocycles. The van der Waals surface area contributed by atoms with Gasteiger partial charge in [0.25, 0.3) is 5.69 Å². The van der Waals surface area contributed by atoms with E-state index in [9.17, 15) is 10.1 Å². The Morgan fingerprint density at radius 1 is 1.33 bits per heavy atom. The predicted octanol–water partition coefficient (Wildman–Crippen LogP) is 3.24. The van der Waals surface area contributed by atoms with Gasteiger partial charge >= 0.3 is 0 Å². The molecule has 0 unspecified atom stereocenters. The van der Waals surface area contributed by atoms with E-state index < -0.39 is 4.92 Å². The number of aromatic nitrogens is 1. The van der Waals surface area contributed by atoms with Crippen LogP contribution in [-0.4, -0.2) is 9.91 Å². The fourth-order valence-corrected chi connectivity index (χ4v) is 1.55. The van der Waals surface area contributed by atoms with Crippen molar-refractivity contribution in [1.82, 2.24) is 4.98 Å². The molecule has 0 aliphatic heterocycles. The Balaban J connectivity index is 2.61. The molecule has 0 aliphatic carbocycles. The molecule has 0 saturated heterocycles. The van der Waals surface area contributed by atoms with E-state index in [-0.39, 0.29) is 5.69 Å². The number of nitro groups is 1. The van der Waals surface area contributed by atoms with Gasteiger partial charge in [-0.2, -0.15) is 0 Å². The molecule has 0 bridgehead atoms. The molecule has 5 heteroatoms. The van der Waals surface area contributed by atoms with Crippen molar-refractivity contribution in [3.63, 3.8) is 0 Å². The molecule has 15 heavy (non-hydrogen) atoms. The maximum absolute atomic E-state index is 10.8. The Morgan fingerprint density at radius 3 is 2.73 bits per heavy atom. The molecule has 0 radical (unpaired) electrons. The van der Waals surface area contributed by atoms with Crippen LogP contribution in [0.3, 0.4) is 0 Å². The first-order valence-electron chi connectivity index (χ1n) is 4.26. The van der Waals surface area contributed by atoms with Crippen LogP contribution in [0.25, 0.3) is 11.3 Å². The number of hydrogen-bond donors (Lipinski definition) is 1. The fraction of sp³-hybridized carbons (Fsp3) is 0. The summed E-state index contributed by atoms with van der Waals surface area (Å²) >= 11 is 5.71. The molecule has 1 aromatic carbocycles. The Morgan fingerprint density at radius 2 is 2.13 bits per heavy atom. The van der Waals surface area contributed by atoms with Gasteiger partial charge in [0.2, 0.25) is 0 Å². The number of halogens is 1. The van der Waals surface area contributed by atoms with Gasteiger partial charge in [0.15, 0.2) is 0 Å². The van der Waals surface area contributed by atoms with Crippen LogP contribution in [0.5, 0.6) is 0 Å². The number of hydrogen-bond acceptors (Lipinski definition) is 2. The maximum Gasteiger partial charge on any atom is 0.280 e. The van der Waals surface area contributed by atoms with Gasteiger partial charge in [0, 0.05) is 17.3 Å². The first-order chi connectivity index (χ1) is 7.18. The largest absolute Gasteiger partial charge is 0.361 e. The van der Waals surface area contributed by atoms with Crippen molar-refractivity contribution in [3.8, 4) is 11.3 Å². The highest BCUT2D eigenvalue weighted by atomic mass is 35.5. The summed E-state index contributed by atoms with van der Waals surface area (Å²) in [7, 11) is 0. The van der Waals surface area contributed by atoms with E-state index in [1.54, 1.807) is 30.5 Å². The number of aromatic amines is 1. The van der Waals surface area contributed by atoms with E-state index in [0.29, 0.717) is 16.3 Å². The average Bonchev–Trinajstić information content (AvgIpc) is 2.70. The number of rotatable bonds is 2. The summed E-state index contributed by atoms with van der Waals surface area (Å²) in [4.78, 5) is 13.3. The molecule has 0 saturated carbocycles. The number of benzene rings is 1. The van der Waals surface area contributed by atoms with Crippen molar-refractivity contribution >= 4 is 17.3 Å². The minimum absolute atomic E-state index is 0.00458. The molecule has 0 spiro atoms. The third-order valence-corrected chi connectivity index (χ3v) is 2.28. The van der Waals surface area contributed by atoms with Gasteiger partial charge in [-0.05, 0) is 24.3 Å². The van der Waals surface area contributed by atoms with Crippen molar-refractivity contribution in [1.29, 1.82) is 0 Å². The van der Waals surface area contributed by atoms with E-state index >= 15 is 0 Å². The van der Waals surface area contributed by atoms with Crippen molar-refractivity contribution in [2.24, 2.45) is 0 Å². The SMILES string of the molecule is O=[N+]([O-])c1cc(Cl)ccc1-c1ccc[nH]1. The molecule has 1 aromatic heterocycles. The molecular weight excluding hydrogens is 216 g/mol. The zero-order valence-electron chi connectivity index (χ0n) is 7.61. The lowest BCUT2D eigenvalue weighted by Crippen LogP contribution is -1.91. The van der Waals surface area contributed by atoms with Crippen molar-refractivity contribution in [2.45, 2.75) is 0 Å². The number of H-pyrrole nitrogens is 1. The van der Waals surface area contributed by atoms with Gasteiger partial charge in [0.05, 0.1) is 16.2 Å². The van der Waals surface area contributed by atoms with Crippen molar-refractivity contribution in [2.75, 3.05) is 0 Å². The topological polar surface area (TPSA) is 58.9 Å². The highest BCUT2D eigenvalue weighted by Crippen LogP contribution is 2.30. The molecule has 76 valence electrons. The Labute approximate surface area is 90.7 Å². The predicted molar refractivity (Wildman–Crippen MR) is 57.9 cm³/mol. The lowest BCUT2D eigenvalue weighted by atomic mass is 10.1. The summed E-state index contributed by atoms with van der Waals surface area (Å²) in [6.07, 6.45) is 1.72. The fourth-order valence-electron chi connectivity index (χ4n) is 1.38. The second-order valence-electron chi connectivity index (χ2n) is 3.00. The summed E-state index contributed by atoms with van der Waals surface area (Å²) < 4.78 is 0. The summed E-state index contributed by atoms with van der Waals surface area (Å²) in [5, 5.41) is 11.2. The Hall–Kier alpha value is -1.81. The summed E-state index contributed by atoms with van der Waals surface area (Å²) in [5.74, 6) is 0. The quantitative estimate of drug-likeness (QED) is 0.626. The van der Waals surface area contributed by atoms with Crippen molar-refractivity contribution in [3.05, 3.63) is 51.7 Å². The minimum Gasteiger partial charge on any atom is -0.361 e. The van der Waals surface area contributed by atoms with Crippen LogP contribution in [-0.2, 0) is 0 Å². The first kappa shape index (κ1) is 9.73. The van der Waals surface area contributed by atoms with Gasteiger partial charge in [-0.1, -0.05) is 11.6 Å². The van der Waals surface area contributed by atoms with Gasteiger partial charge in [-0.3, -0.25) is 10.1 Å². The summed E-state index contributed by atoms with van der Waals surface area (Å²) in [5.41, 5.74) is 1.25. The second kappa shape index (κ2) is 3.74. The average molecular weight is 223 g/mol. The van der Waals surface area contributed by atoms with Crippen LogP contribution in [0, 0.1) is 10.1 Å². The van der Waals surface area contributed by atoms with E-state index in [2.05, 4.69) is 4.98 Å². The molecule has 2 aromatic rings. The Kier molecular flexibility index (Phi) is 2.43. The van der Waals surface area contributed by atoms with Gasteiger partial charge in [-0.25, -0.2) is 0 Å². The lowest BCUT2D eigenvalue weighted by Gasteiger charge is -2.00. The molecule has 2 rings (SSSR count). The summed E-state index contributed by atoms with van der Waals surface area (Å²) in [6, 6.07) is 8.17. The van der Waals surface area contributed by atoms with E-state index in [0.717, 1.165) is 0 Å². The molecule has 0 atom stereocenters. The maximum atomic E-state index is 10.8. The first-order valence-corrected chi connectivity index (χ1v) is 4.64. The van der Waals surface area contributed by atoms with Crippen molar-refractivity contribution < 1.29 is 4.92 Å². The molecule has 0 amide bonds. The highest BCUT2D eigenvalue weighted by Gasteiger charge is 2.15. The monoisotopic (exact) mass is 222 g/mol. The highest BCUT2D eigenvalue weighted by molar-refractivity contribution is 6.30. The number of nitro benzene ring substituents is 1. The standard InChI is InChI=1S/C10H7ClN2O2/c11-7-3-4-8(9-2-1-5-12-9)10(6-7)13(14)15/h1-6,12H. The van der Waals surface area contributed by atoms with E-state index in [1.807, 2.05) is 0 Å². The smallest absolute Gasteiger partial charge is 0.280 e. The Bertz CT molecular complexity index is 494. The van der Waals surface area contributed by atoms with Gasteiger partial charge in [-0.15, -0.1) is 0 Å². The molecule has 0 aliphatic rings. The van der Waals surface area contributed by atoms with E-state index in [4.69, 9.17) is 11.6 Å². The van der Waals surface area contributed by atoms with E-state index in [1.165, 1.54) is 6.07 Å². The zero-order chi connectivity index (χ0) is 10.8. The van der Waals surface area contributed by atoms with Crippen LogP contribution in [0.15, 0.2) is 36.5 Å². The van der Waals surface area contributed by atoms with Crippen LogP contribution >= 0.6 is 11.6 Å². The van der Waals surface area contributed by atoms with Crippen LogP contribution < -0.4 is 0 Å². The molecule has 0 fully saturated rings. The lowest BCUT2D eigenvalue weighted by molar-refractivity contribution is -0.384. The third kappa shape index (κ3) is 1.85. The number of nitrogens with one attached hydrogen (secondary N) is 1. The summed E-state index contributed by atoms with van der Waals surface area (Å²) in [6.45, 7) is 0. The van der Waals surface area contributed by atoms with Crippen LogP contribution in [0.4, 0.5) is 5.69 Å². The van der Waals surface area contributed by atoms with Gasteiger partial charge in [0.1, 0.15) is 0 Å². The molecule has 1 N–H and O–H groups in total. The molecule has 4 nitrogen and oxygen atoms in total. The second-order valence-corrected chi connectivity index (χ2v) is 3.44. The molecular formula is C10H7ClN2O2. The minimum atomic E-state index is -0.442. The number of nitrogens with zero attached hydrogens (tertiary/aromatic N) is 1. The van der Waals surface area contributed by atoms with Gasteiger partial charge < -0.3 is 4.98 Å². The third-order valence-electron chi connectivity index (χ3n) is 2.04. The van der Waals surface area contributed by atoms with Crippen LogP contribution in [0.1, 0.15) is 0 Å². The zero-order valence-corrected chi connectivity index (χ0v) is 8.36.